The van der Waals surface area contributed by atoms with Gasteiger partial charge in [-0.05, 0) is 61.2 Å². The summed E-state index contributed by atoms with van der Waals surface area (Å²) in [7, 11) is 0. The predicted octanol–water partition coefficient (Wildman–Crippen LogP) is 4.75. The van der Waals surface area contributed by atoms with Crippen molar-refractivity contribution in [3.63, 3.8) is 0 Å². The normalized spacial score (nSPS) is 10.9. The van der Waals surface area contributed by atoms with Crippen LogP contribution in [0.2, 0.25) is 0 Å². The molecule has 1 N–H and O–H groups in total. The van der Waals surface area contributed by atoms with E-state index in [1.54, 1.807) is 13.0 Å². The van der Waals surface area contributed by atoms with Crippen molar-refractivity contribution in [3.05, 3.63) is 58.7 Å². The van der Waals surface area contributed by atoms with Crippen molar-refractivity contribution in [2.45, 2.75) is 33.7 Å². The molecule has 0 unspecified atom stereocenters. The first-order valence-electron chi connectivity index (χ1n) is 7.29. The van der Waals surface area contributed by atoms with E-state index < -0.39 is 11.6 Å². The molecule has 0 saturated carbocycles. The maximum Gasteiger partial charge on any atom is 0.133 e. The second kappa shape index (κ2) is 6.81. The molecule has 0 aliphatic carbocycles. The van der Waals surface area contributed by atoms with E-state index in [0.29, 0.717) is 11.1 Å². The van der Waals surface area contributed by atoms with E-state index in [4.69, 9.17) is 0 Å². The third-order valence-corrected chi connectivity index (χ3v) is 3.60. The van der Waals surface area contributed by atoms with Crippen molar-refractivity contribution in [2.75, 3.05) is 6.54 Å². The Labute approximate surface area is 125 Å². The summed E-state index contributed by atoms with van der Waals surface area (Å²) in [5, 5.41) is 3.33. The minimum absolute atomic E-state index is 0.459. The van der Waals surface area contributed by atoms with Crippen molar-refractivity contribution < 1.29 is 8.78 Å². The zero-order valence-electron chi connectivity index (χ0n) is 12.8. The predicted molar refractivity (Wildman–Crippen MR) is 83.3 cm³/mol. The van der Waals surface area contributed by atoms with Crippen LogP contribution in [-0.2, 0) is 6.54 Å². The van der Waals surface area contributed by atoms with E-state index in [0.717, 1.165) is 42.3 Å². The lowest BCUT2D eigenvalue weighted by molar-refractivity contribution is 0.579. The third kappa shape index (κ3) is 3.67. The second-order valence-electron chi connectivity index (χ2n) is 5.41. The van der Waals surface area contributed by atoms with E-state index in [1.165, 1.54) is 0 Å². The highest BCUT2D eigenvalue weighted by Crippen LogP contribution is 2.29. The zero-order valence-corrected chi connectivity index (χ0v) is 12.8. The Bertz CT molecular complexity index is 635. The van der Waals surface area contributed by atoms with E-state index in [1.807, 2.05) is 25.1 Å². The van der Waals surface area contributed by atoms with Crippen LogP contribution in [0.5, 0.6) is 0 Å². The van der Waals surface area contributed by atoms with Gasteiger partial charge >= 0.3 is 0 Å². The van der Waals surface area contributed by atoms with Crippen LogP contribution >= 0.6 is 0 Å². The summed E-state index contributed by atoms with van der Waals surface area (Å²) in [6.07, 6.45) is 1.07. The van der Waals surface area contributed by atoms with Crippen molar-refractivity contribution in [2.24, 2.45) is 0 Å². The van der Waals surface area contributed by atoms with Gasteiger partial charge in [0.25, 0.3) is 0 Å². The molecule has 0 aliphatic rings. The van der Waals surface area contributed by atoms with Gasteiger partial charge in [0, 0.05) is 18.2 Å². The lowest BCUT2D eigenvalue weighted by Gasteiger charge is -2.12. The molecule has 0 aliphatic heterocycles. The van der Waals surface area contributed by atoms with E-state index >= 15 is 0 Å². The van der Waals surface area contributed by atoms with Crippen LogP contribution in [0.4, 0.5) is 8.78 Å². The summed E-state index contributed by atoms with van der Waals surface area (Å²) < 4.78 is 27.5. The molecule has 1 nitrogen and oxygen atoms in total. The number of halogens is 2. The summed E-state index contributed by atoms with van der Waals surface area (Å²) >= 11 is 0. The molecular weight excluding hydrogens is 268 g/mol. The Hall–Kier alpha value is -1.74. The topological polar surface area (TPSA) is 12.0 Å². The molecule has 0 radical (unpaired) electrons. The van der Waals surface area contributed by atoms with E-state index in [-0.39, 0.29) is 0 Å². The molecule has 0 fully saturated rings. The van der Waals surface area contributed by atoms with Crippen LogP contribution < -0.4 is 5.32 Å². The van der Waals surface area contributed by atoms with Crippen molar-refractivity contribution >= 4 is 0 Å². The monoisotopic (exact) mass is 289 g/mol. The van der Waals surface area contributed by atoms with Gasteiger partial charge in [-0.2, -0.15) is 0 Å². The lowest BCUT2D eigenvalue weighted by atomic mass is 9.96. The number of aryl methyl sites for hydroxylation is 2. The van der Waals surface area contributed by atoms with Crippen molar-refractivity contribution in [3.8, 4) is 11.1 Å². The largest absolute Gasteiger partial charge is 0.313 e. The number of benzene rings is 2. The molecule has 0 saturated heterocycles. The highest BCUT2D eigenvalue weighted by Gasteiger charge is 2.12. The maximum atomic E-state index is 14.1. The van der Waals surface area contributed by atoms with Gasteiger partial charge < -0.3 is 5.32 Å². The summed E-state index contributed by atoms with van der Waals surface area (Å²) in [6.45, 7) is 7.41. The summed E-state index contributed by atoms with van der Waals surface area (Å²) in [5.41, 5.74) is 3.83. The van der Waals surface area contributed by atoms with Gasteiger partial charge in [0.2, 0.25) is 0 Å². The van der Waals surface area contributed by atoms with Crippen LogP contribution in [-0.4, -0.2) is 6.54 Å². The minimum Gasteiger partial charge on any atom is -0.313 e. The fraction of sp³-hybridized carbons (Fsp3) is 0.333. The molecule has 2 aromatic rings. The SMILES string of the molecule is CCCNCc1ccc(C)c(-c2cc(C)c(F)cc2F)c1. The van der Waals surface area contributed by atoms with Gasteiger partial charge in [-0.3, -0.25) is 0 Å². The molecule has 0 amide bonds. The number of hydrogen-bond donors (Lipinski definition) is 1. The molecular formula is C18H21F2N. The molecule has 0 bridgehead atoms. The first-order valence-corrected chi connectivity index (χ1v) is 7.29. The van der Waals surface area contributed by atoms with Crippen molar-refractivity contribution in [1.82, 2.24) is 5.32 Å². The molecule has 0 atom stereocenters. The molecule has 0 heterocycles. The molecule has 21 heavy (non-hydrogen) atoms. The Morgan fingerprint density at radius 1 is 0.905 bits per heavy atom. The van der Waals surface area contributed by atoms with E-state index in [9.17, 15) is 8.78 Å². The first-order chi connectivity index (χ1) is 10.0. The van der Waals surface area contributed by atoms with Gasteiger partial charge in [-0.15, -0.1) is 0 Å². The average Bonchev–Trinajstić information content (AvgIpc) is 2.45. The molecule has 3 heteroatoms. The Morgan fingerprint density at radius 3 is 2.38 bits per heavy atom. The lowest BCUT2D eigenvalue weighted by Crippen LogP contribution is -2.13. The van der Waals surface area contributed by atoms with Gasteiger partial charge in [0.15, 0.2) is 0 Å². The average molecular weight is 289 g/mol. The summed E-state index contributed by atoms with van der Waals surface area (Å²) in [4.78, 5) is 0. The standard InChI is InChI=1S/C18H21F2N/c1-4-7-21-11-14-6-5-12(2)15(9-14)16-8-13(3)17(19)10-18(16)20/h5-6,8-10,21H,4,7,11H2,1-3H3. The molecule has 2 aromatic carbocycles. The van der Waals surface area contributed by atoms with Crippen LogP contribution in [0.3, 0.4) is 0 Å². The van der Waals surface area contributed by atoms with Gasteiger partial charge in [0.1, 0.15) is 11.6 Å². The fourth-order valence-corrected chi connectivity index (χ4v) is 2.34. The molecule has 0 aromatic heterocycles. The van der Waals surface area contributed by atoms with Crippen LogP contribution in [0.15, 0.2) is 30.3 Å². The summed E-state index contributed by atoms with van der Waals surface area (Å²) in [5.74, 6) is -1.02. The van der Waals surface area contributed by atoms with Crippen LogP contribution in [0.25, 0.3) is 11.1 Å². The van der Waals surface area contributed by atoms with Crippen LogP contribution in [0.1, 0.15) is 30.0 Å². The smallest absolute Gasteiger partial charge is 0.133 e. The minimum atomic E-state index is -0.514. The fourth-order valence-electron chi connectivity index (χ4n) is 2.34. The Morgan fingerprint density at radius 2 is 1.67 bits per heavy atom. The van der Waals surface area contributed by atoms with Crippen molar-refractivity contribution in [1.29, 1.82) is 0 Å². The third-order valence-electron chi connectivity index (χ3n) is 3.60. The van der Waals surface area contributed by atoms with Gasteiger partial charge in [-0.1, -0.05) is 19.1 Å². The van der Waals surface area contributed by atoms with Gasteiger partial charge in [-0.25, -0.2) is 8.78 Å². The number of rotatable bonds is 5. The Balaban J connectivity index is 2.39. The first kappa shape index (κ1) is 15.6. The quantitative estimate of drug-likeness (QED) is 0.783. The Kier molecular flexibility index (Phi) is 5.07. The zero-order chi connectivity index (χ0) is 15.4. The molecule has 2 rings (SSSR count). The summed E-state index contributed by atoms with van der Waals surface area (Å²) in [6, 6.07) is 8.54. The molecule has 0 spiro atoms. The second-order valence-corrected chi connectivity index (χ2v) is 5.41. The van der Waals surface area contributed by atoms with E-state index in [2.05, 4.69) is 12.2 Å². The highest BCUT2D eigenvalue weighted by atomic mass is 19.1. The number of hydrogen-bond acceptors (Lipinski definition) is 1. The van der Waals surface area contributed by atoms with Gasteiger partial charge in [0.05, 0.1) is 0 Å². The number of nitrogens with one attached hydrogen (secondary N) is 1. The molecule has 112 valence electrons. The van der Waals surface area contributed by atoms with Crippen LogP contribution in [0, 0.1) is 25.5 Å². The maximum absolute atomic E-state index is 14.1. The highest BCUT2D eigenvalue weighted by molar-refractivity contribution is 5.69.